The first-order chi connectivity index (χ1) is 15.5. The van der Waals surface area contributed by atoms with Gasteiger partial charge in [-0.1, -0.05) is 54.4 Å². The molecule has 0 spiro atoms. The van der Waals surface area contributed by atoms with Crippen LogP contribution in [0.4, 0.5) is 0 Å². The zero-order valence-electron chi connectivity index (χ0n) is 22.5. The quantitative estimate of drug-likeness (QED) is 0.388. The van der Waals surface area contributed by atoms with Gasteiger partial charge in [0, 0.05) is 19.3 Å². The molecule has 4 rings (SSSR count). The van der Waals surface area contributed by atoms with Crippen LogP contribution in [0.5, 0.6) is 0 Å². The van der Waals surface area contributed by atoms with E-state index >= 15 is 0 Å². The van der Waals surface area contributed by atoms with Crippen molar-refractivity contribution in [1.29, 1.82) is 0 Å². The third-order valence-electron chi connectivity index (χ3n) is 11.6. The van der Waals surface area contributed by atoms with Crippen molar-refractivity contribution in [2.75, 3.05) is 0 Å². The van der Waals surface area contributed by atoms with E-state index in [0.717, 1.165) is 49.4 Å². The Kier molecular flexibility index (Phi) is 7.12. The largest absolute Gasteiger partial charge is 0.463 e. The normalized spacial score (nSPS) is 44.5. The Morgan fingerprint density at radius 2 is 1.73 bits per heavy atom. The van der Waals surface area contributed by atoms with Crippen molar-refractivity contribution in [1.82, 2.24) is 0 Å². The van der Waals surface area contributed by atoms with Crippen LogP contribution in [0.15, 0.2) is 0 Å². The molecule has 0 saturated heterocycles. The predicted molar refractivity (Wildman–Crippen MR) is 134 cm³/mol. The van der Waals surface area contributed by atoms with Gasteiger partial charge in [-0.25, -0.2) is 0 Å². The maximum atomic E-state index is 13.9. The van der Waals surface area contributed by atoms with Crippen molar-refractivity contribution in [3.8, 4) is 0 Å². The molecule has 4 aliphatic rings. The van der Waals surface area contributed by atoms with Gasteiger partial charge >= 0.3 is 5.97 Å². The summed E-state index contributed by atoms with van der Waals surface area (Å²) >= 11 is 0. The number of Topliss-reactive ketones (excluding diaryl/α,β-unsaturated/α-hetero) is 1. The van der Waals surface area contributed by atoms with Gasteiger partial charge < -0.3 is 4.74 Å². The van der Waals surface area contributed by atoms with Crippen LogP contribution in [-0.2, 0) is 14.3 Å². The van der Waals surface area contributed by atoms with E-state index in [0.29, 0.717) is 23.5 Å². The van der Waals surface area contributed by atoms with Crippen LogP contribution >= 0.6 is 0 Å². The number of esters is 1. The van der Waals surface area contributed by atoms with Gasteiger partial charge in [-0.3, -0.25) is 9.59 Å². The van der Waals surface area contributed by atoms with E-state index in [1.165, 1.54) is 45.4 Å². The molecule has 4 aliphatic carbocycles. The van der Waals surface area contributed by atoms with Gasteiger partial charge in [0.05, 0.1) is 0 Å². The van der Waals surface area contributed by atoms with Crippen molar-refractivity contribution in [3.05, 3.63) is 0 Å². The van der Waals surface area contributed by atoms with Crippen LogP contribution in [0.25, 0.3) is 0 Å². The Labute approximate surface area is 203 Å². The van der Waals surface area contributed by atoms with E-state index in [1.807, 2.05) is 0 Å². The van der Waals surface area contributed by atoms with E-state index in [9.17, 15) is 9.59 Å². The Morgan fingerprint density at radius 3 is 2.39 bits per heavy atom. The highest BCUT2D eigenvalue weighted by Crippen LogP contribution is 2.67. The second kappa shape index (κ2) is 9.30. The summed E-state index contributed by atoms with van der Waals surface area (Å²) in [6.45, 7) is 16.0. The van der Waals surface area contributed by atoms with Crippen molar-refractivity contribution in [2.45, 2.75) is 119 Å². The van der Waals surface area contributed by atoms with Crippen LogP contribution in [0.3, 0.4) is 0 Å². The van der Waals surface area contributed by atoms with Crippen LogP contribution in [0.2, 0.25) is 0 Å². The topological polar surface area (TPSA) is 43.4 Å². The minimum absolute atomic E-state index is 0.0611. The van der Waals surface area contributed by atoms with Crippen LogP contribution in [0.1, 0.15) is 113 Å². The summed E-state index contributed by atoms with van der Waals surface area (Å²) in [4.78, 5) is 25.5. The average Bonchev–Trinajstić information content (AvgIpc) is 3.07. The van der Waals surface area contributed by atoms with Crippen molar-refractivity contribution in [3.63, 3.8) is 0 Å². The van der Waals surface area contributed by atoms with E-state index < -0.39 is 0 Å². The number of rotatable bonds is 6. The van der Waals surface area contributed by atoms with Crippen LogP contribution < -0.4 is 0 Å². The van der Waals surface area contributed by atoms with Gasteiger partial charge in [0.1, 0.15) is 11.9 Å². The van der Waals surface area contributed by atoms with Crippen molar-refractivity contribution < 1.29 is 14.3 Å². The highest BCUT2D eigenvalue weighted by atomic mass is 16.5. The molecule has 0 aromatic rings. The Morgan fingerprint density at radius 1 is 1.00 bits per heavy atom. The highest BCUT2D eigenvalue weighted by Gasteiger charge is 2.63. The Bertz CT molecular complexity index is 743. The lowest BCUT2D eigenvalue weighted by molar-refractivity contribution is -0.169. The van der Waals surface area contributed by atoms with Gasteiger partial charge in [0.15, 0.2) is 0 Å². The number of ketones is 1. The monoisotopic (exact) mass is 458 g/mol. The zero-order valence-corrected chi connectivity index (χ0v) is 22.5. The van der Waals surface area contributed by atoms with Gasteiger partial charge in [-0.05, 0) is 97.2 Å². The standard InChI is InChI=1S/C30H50O3/c1-18(2)19(3)8-9-20(4)25-12-13-26-24-11-10-22-16-23(33-21(5)31)14-15-29(22,6)28(24)27(32)17-30(25,26)7/h18-20,22-26,28H,8-17H2,1-7H3/t19-,20+,22-,23+,24-,25+,26+,28-,29-,30-/m0/s1. The fourth-order valence-corrected chi connectivity index (χ4v) is 9.41. The van der Waals surface area contributed by atoms with Crippen molar-refractivity contribution >= 4 is 11.8 Å². The molecule has 3 nitrogen and oxygen atoms in total. The molecule has 4 saturated carbocycles. The summed E-state index contributed by atoms with van der Waals surface area (Å²) in [5.41, 5.74) is 0.311. The maximum absolute atomic E-state index is 13.9. The van der Waals surface area contributed by atoms with Crippen LogP contribution in [-0.4, -0.2) is 17.9 Å². The summed E-state index contributed by atoms with van der Waals surface area (Å²) < 4.78 is 5.60. The molecule has 0 radical (unpaired) electrons. The second-order valence-electron chi connectivity index (χ2n) is 13.6. The highest BCUT2D eigenvalue weighted by molar-refractivity contribution is 5.84. The number of hydrogen-bond donors (Lipinski definition) is 0. The smallest absolute Gasteiger partial charge is 0.302 e. The number of carbonyl (C=O) groups is 2. The molecule has 0 aromatic heterocycles. The molecule has 10 atom stereocenters. The summed E-state index contributed by atoms with van der Waals surface area (Å²) in [5.74, 6) is 5.45. The summed E-state index contributed by atoms with van der Waals surface area (Å²) in [6.07, 6.45) is 11.5. The molecule has 3 heteroatoms. The lowest BCUT2D eigenvalue weighted by Gasteiger charge is -2.60. The third kappa shape index (κ3) is 4.44. The SMILES string of the molecule is CC(=O)O[C@@H]1CC[C@@]2(C)[C@@H](CC[C@H]3[C@H]4CC[C@H]([C@H](C)CC[C@H](C)C(C)C)[C@]4(C)CC(=O)[C@H]32)C1. The second-order valence-corrected chi connectivity index (χ2v) is 13.6. The van der Waals surface area contributed by atoms with Gasteiger partial charge in [0.25, 0.3) is 0 Å². The molecule has 0 aliphatic heterocycles. The van der Waals surface area contributed by atoms with E-state index in [2.05, 4.69) is 41.5 Å². The minimum atomic E-state index is -0.157. The third-order valence-corrected chi connectivity index (χ3v) is 11.6. The van der Waals surface area contributed by atoms with Gasteiger partial charge in [-0.15, -0.1) is 0 Å². The molecule has 0 heterocycles. The predicted octanol–water partition coefficient (Wildman–Crippen LogP) is 7.46. The minimum Gasteiger partial charge on any atom is -0.463 e. The number of fused-ring (bicyclic) bond motifs is 5. The van der Waals surface area contributed by atoms with E-state index in [1.54, 1.807) is 0 Å². The first kappa shape index (κ1) is 25.2. The molecule has 4 fully saturated rings. The molecular weight excluding hydrogens is 408 g/mol. The molecular formula is C30H50O3. The van der Waals surface area contributed by atoms with Gasteiger partial charge in [0.2, 0.25) is 0 Å². The summed E-state index contributed by atoms with van der Waals surface area (Å²) in [7, 11) is 0. The fourth-order valence-electron chi connectivity index (χ4n) is 9.41. The molecule has 33 heavy (non-hydrogen) atoms. The van der Waals surface area contributed by atoms with E-state index in [4.69, 9.17) is 4.74 Å². The fraction of sp³-hybridized carbons (Fsp3) is 0.933. The Hall–Kier alpha value is -0.860. The number of hydrogen-bond acceptors (Lipinski definition) is 3. The molecule has 188 valence electrons. The molecule has 0 unspecified atom stereocenters. The zero-order chi connectivity index (χ0) is 24.1. The van der Waals surface area contributed by atoms with E-state index in [-0.39, 0.29) is 28.8 Å². The number of ether oxygens (including phenoxy) is 1. The average molecular weight is 459 g/mol. The molecule has 0 amide bonds. The molecule has 0 aromatic carbocycles. The van der Waals surface area contributed by atoms with Crippen molar-refractivity contribution in [2.24, 2.45) is 58.2 Å². The summed E-state index contributed by atoms with van der Waals surface area (Å²) in [6, 6.07) is 0. The summed E-state index contributed by atoms with van der Waals surface area (Å²) in [5, 5.41) is 0. The van der Waals surface area contributed by atoms with Gasteiger partial charge in [-0.2, -0.15) is 0 Å². The lowest BCUT2D eigenvalue weighted by atomic mass is 9.44. The number of carbonyl (C=O) groups excluding carboxylic acids is 2. The van der Waals surface area contributed by atoms with Crippen LogP contribution in [0, 0.1) is 58.2 Å². The molecule has 0 bridgehead atoms. The maximum Gasteiger partial charge on any atom is 0.302 e. The Balaban J connectivity index is 1.49. The first-order valence-electron chi connectivity index (χ1n) is 14.2. The molecule has 0 N–H and O–H groups in total. The lowest BCUT2D eigenvalue weighted by Crippen LogP contribution is -2.58. The first-order valence-corrected chi connectivity index (χ1v) is 14.2.